The highest BCUT2D eigenvalue weighted by atomic mass is 15.1. The molecular formula is C21H29N. The molecule has 1 heteroatoms. The molecule has 118 valence electrons. The van der Waals surface area contributed by atoms with Gasteiger partial charge < -0.3 is 4.90 Å². The number of benzene rings is 1. The number of likely N-dealkylation sites (tertiary alicyclic amines) is 1. The molecule has 2 atom stereocenters. The van der Waals surface area contributed by atoms with Crippen molar-refractivity contribution in [2.24, 2.45) is 5.92 Å². The SMILES string of the molecule is C=C/C(=C\C=C/C)C(CCN1CCC(C)C1)c1ccccc1. The molecule has 0 radical (unpaired) electrons. The van der Waals surface area contributed by atoms with Crippen LogP contribution in [0.4, 0.5) is 0 Å². The lowest BCUT2D eigenvalue weighted by molar-refractivity contribution is 0.317. The molecule has 1 aliphatic rings. The first kappa shape index (κ1) is 16.8. The lowest BCUT2D eigenvalue weighted by atomic mass is 9.87. The summed E-state index contributed by atoms with van der Waals surface area (Å²) in [6, 6.07) is 10.8. The fraction of sp³-hybridized carbons (Fsp3) is 0.429. The molecule has 1 aromatic carbocycles. The van der Waals surface area contributed by atoms with Crippen molar-refractivity contribution in [1.82, 2.24) is 4.90 Å². The van der Waals surface area contributed by atoms with E-state index in [4.69, 9.17) is 0 Å². The smallest absolute Gasteiger partial charge is 0.0101 e. The number of rotatable bonds is 7. The fourth-order valence-corrected chi connectivity index (χ4v) is 3.29. The standard InChI is InChI=1S/C21H29N/c1-4-6-10-19(5-2)21(20-11-8-7-9-12-20)14-16-22-15-13-18(3)17-22/h4-12,18,21H,2,13-17H2,1,3H3/b6-4-,19-10+. The molecule has 0 spiro atoms. The van der Waals surface area contributed by atoms with E-state index < -0.39 is 0 Å². The van der Waals surface area contributed by atoms with E-state index in [2.05, 4.69) is 73.9 Å². The molecule has 0 amide bonds. The van der Waals surface area contributed by atoms with Gasteiger partial charge in [-0.1, -0.05) is 68.1 Å². The summed E-state index contributed by atoms with van der Waals surface area (Å²) in [5, 5.41) is 0. The van der Waals surface area contributed by atoms with E-state index in [0.29, 0.717) is 5.92 Å². The van der Waals surface area contributed by atoms with Crippen molar-refractivity contribution in [2.45, 2.75) is 32.6 Å². The largest absolute Gasteiger partial charge is 0.303 e. The zero-order chi connectivity index (χ0) is 15.8. The van der Waals surface area contributed by atoms with Crippen LogP contribution >= 0.6 is 0 Å². The van der Waals surface area contributed by atoms with Gasteiger partial charge in [0, 0.05) is 12.5 Å². The Labute approximate surface area is 136 Å². The highest BCUT2D eigenvalue weighted by molar-refractivity contribution is 5.36. The maximum absolute atomic E-state index is 4.04. The van der Waals surface area contributed by atoms with Crippen molar-refractivity contribution in [3.8, 4) is 0 Å². The summed E-state index contributed by atoms with van der Waals surface area (Å²) in [7, 11) is 0. The van der Waals surface area contributed by atoms with Gasteiger partial charge in [0.2, 0.25) is 0 Å². The maximum atomic E-state index is 4.04. The second-order valence-electron chi connectivity index (χ2n) is 6.34. The third-order valence-corrected chi connectivity index (χ3v) is 4.56. The first-order chi connectivity index (χ1) is 10.7. The molecule has 2 unspecified atom stereocenters. The van der Waals surface area contributed by atoms with Crippen LogP contribution in [0, 0.1) is 5.92 Å². The second kappa shape index (κ2) is 8.75. The van der Waals surface area contributed by atoms with E-state index in [1.807, 2.05) is 6.08 Å². The Kier molecular flexibility index (Phi) is 6.67. The van der Waals surface area contributed by atoms with Gasteiger partial charge in [-0.2, -0.15) is 0 Å². The normalized spacial score (nSPS) is 21.4. The van der Waals surface area contributed by atoms with Gasteiger partial charge in [-0.05, 0) is 49.9 Å². The van der Waals surface area contributed by atoms with Crippen molar-refractivity contribution in [2.75, 3.05) is 19.6 Å². The Morgan fingerprint density at radius 3 is 2.73 bits per heavy atom. The highest BCUT2D eigenvalue weighted by Gasteiger charge is 2.21. The first-order valence-electron chi connectivity index (χ1n) is 8.47. The Hall–Kier alpha value is -1.60. The van der Waals surface area contributed by atoms with Gasteiger partial charge in [-0.15, -0.1) is 0 Å². The molecule has 0 bridgehead atoms. The molecule has 0 aromatic heterocycles. The molecule has 0 N–H and O–H groups in total. The van der Waals surface area contributed by atoms with Crippen molar-refractivity contribution < 1.29 is 0 Å². The van der Waals surface area contributed by atoms with Crippen LogP contribution in [0.15, 0.2) is 66.8 Å². The van der Waals surface area contributed by atoms with Gasteiger partial charge in [0.05, 0.1) is 0 Å². The van der Waals surface area contributed by atoms with Crippen LogP contribution in [0.1, 0.15) is 38.2 Å². The van der Waals surface area contributed by atoms with Gasteiger partial charge in [-0.3, -0.25) is 0 Å². The molecule has 1 aromatic rings. The number of allylic oxidation sites excluding steroid dienone is 5. The minimum atomic E-state index is 0.436. The van der Waals surface area contributed by atoms with Gasteiger partial charge >= 0.3 is 0 Å². The quantitative estimate of drug-likeness (QED) is 0.626. The van der Waals surface area contributed by atoms with E-state index in [1.54, 1.807) is 0 Å². The van der Waals surface area contributed by atoms with E-state index in [1.165, 1.54) is 37.2 Å². The van der Waals surface area contributed by atoms with Gasteiger partial charge in [0.1, 0.15) is 0 Å². The summed E-state index contributed by atoms with van der Waals surface area (Å²) in [5.41, 5.74) is 2.71. The molecule has 1 heterocycles. The van der Waals surface area contributed by atoms with E-state index >= 15 is 0 Å². The minimum Gasteiger partial charge on any atom is -0.303 e. The van der Waals surface area contributed by atoms with Crippen molar-refractivity contribution >= 4 is 0 Å². The molecule has 1 aliphatic heterocycles. The predicted molar refractivity (Wildman–Crippen MR) is 97.1 cm³/mol. The van der Waals surface area contributed by atoms with Crippen LogP contribution in [-0.2, 0) is 0 Å². The van der Waals surface area contributed by atoms with Crippen molar-refractivity contribution in [3.05, 3.63) is 72.4 Å². The van der Waals surface area contributed by atoms with E-state index in [-0.39, 0.29) is 0 Å². The minimum absolute atomic E-state index is 0.436. The number of nitrogens with zero attached hydrogens (tertiary/aromatic N) is 1. The first-order valence-corrected chi connectivity index (χ1v) is 8.47. The van der Waals surface area contributed by atoms with Crippen molar-refractivity contribution in [3.63, 3.8) is 0 Å². The lowest BCUT2D eigenvalue weighted by Crippen LogP contribution is -2.23. The summed E-state index contributed by atoms with van der Waals surface area (Å²) >= 11 is 0. The third-order valence-electron chi connectivity index (χ3n) is 4.56. The average Bonchev–Trinajstić information content (AvgIpc) is 2.97. The van der Waals surface area contributed by atoms with Crippen LogP contribution in [0.3, 0.4) is 0 Å². The monoisotopic (exact) mass is 295 g/mol. The molecular weight excluding hydrogens is 266 g/mol. The summed E-state index contributed by atoms with van der Waals surface area (Å²) in [6.45, 7) is 12.1. The molecule has 1 nitrogen and oxygen atoms in total. The van der Waals surface area contributed by atoms with Crippen LogP contribution in [-0.4, -0.2) is 24.5 Å². The Balaban J connectivity index is 2.12. The van der Waals surface area contributed by atoms with Crippen LogP contribution in [0.25, 0.3) is 0 Å². The third kappa shape index (κ3) is 4.71. The Bertz CT molecular complexity index is 512. The summed E-state index contributed by atoms with van der Waals surface area (Å²) in [5.74, 6) is 1.29. The topological polar surface area (TPSA) is 3.24 Å². The average molecular weight is 295 g/mol. The van der Waals surface area contributed by atoms with E-state index in [0.717, 1.165) is 12.3 Å². The van der Waals surface area contributed by atoms with Crippen LogP contribution < -0.4 is 0 Å². The van der Waals surface area contributed by atoms with Crippen LogP contribution in [0.5, 0.6) is 0 Å². The lowest BCUT2D eigenvalue weighted by Gasteiger charge is -2.23. The van der Waals surface area contributed by atoms with Crippen molar-refractivity contribution in [1.29, 1.82) is 0 Å². The molecule has 22 heavy (non-hydrogen) atoms. The van der Waals surface area contributed by atoms with E-state index in [9.17, 15) is 0 Å². The summed E-state index contributed by atoms with van der Waals surface area (Å²) < 4.78 is 0. The molecule has 1 saturated heterocycles. The highest BCUT2D eigenvalue weighted by Crippen LogP contribution is 2.30. The predicted octanol–water partition coefficient (Wildman–Crippen LogP) is 5.19. The number of hydrogen-bond donors (Lipinski definition) is 0. The van der Waals surface area contributed by atoms with Gasteiger partial charge in [0.25, 0.3) is 0 Å². The number of hydrogen-bond acceptors (Lipinski definition) is 1. The summed E-state index contributed by atoms with van der Waals surface area (Å²) in [4.78, 5) is 2.61. The molecule has 2 rings (SSSR count). The fourth-order valence-electron chi connectivity index (χ4n) is 3.29. The Morgan fingerprint density at radius 2 is 2.14 bits per heavy atom. The second-order valence-corrected chi connectivity index (χ2v) is 6.34. The molecule has 0 saturated carbocycles. The Morgan fingerprint density at radius 1 is 1.36 bits per heavy atom. The zero-order valence-electron chi connectivity index (χ0n) is 14.0. The van der Waals surface area contributed by atoms with Gasteiger partial charge in [-0.25, -0.2) is 0 Å². The summed E-state index contributed by atoms with van der Waals surface area (Å²) in [6.07, 6.45) is 10.9. The maximum Gasteiger partial charge on any atom is 0.0101 e. The molecule has 0 aliphatic carbocycles. The van der Waals surface area contributed by atoms with Gasteiger partial charge in [0.15, 0.2) is 0 Å². The zero-order valence-corrected chi connectivity index (χ0v) is 14.0. The molecule has 1 fully saturated rings. The van der Waals surface area contributed by atoms with Crippen LogP contribution in [0.2, 0.25) is 0 Å².